The third-order valence-electron chi connectivity index (χ3n) is 3.98. The summed E-state index contributed by atoms with van der Waals surface area (Å²) in [5.74, 6) is 0. The molecule has 0 aliphatic heterocycles. The van der Waals surface area contributed by atoms with Gasteiger partial charge < -0.3 is 9.55 Å². The van der Waals surface area contributed by atoms with Crippen molar-refractivity contribution in [3.05, 3.63) is 71.0 Å². The number of pyridine rings is 1. The number of nitrogens with zero attached hydrogens (tertiary/aromatic N) is 1. The van der Waals surface area contributed by atoms with E-state index in [0.29, 0.717) is 5.52 Å². The molecule has 0 radical (unpaired) electrons. The molecular weight excluding hydrogens is 260 g/mol. The minimum absolute atomic E-state index is 0.00545. The predicted molar refractivity (Wildman–Crippen MR) is 86.5 cm³/mol. The minimum atomic E-state index is 0.00545. The van der Waals surface area contributed by atoms with Crippen molar-refractivity contribution in [3.63, 3.8) is 0 Å². The van der Waals surface area contributed by atoms with Gasteiger partial charge in [-0.3, -0.25) is 4.79 Å². The second-order valence-electron chi connectivity index (χ2n) is 5.22. The van der Waals surface area contributed by atoms with Crippen LogP contribution in [-0.4, -0.2) is 9.55 Å². The molecule has 0 aliphatic rings. The zero-order chi connectivity index (χ0) is 14.4. The fraction of sp³-hybridized carbons (Fsp3) is 0.0556. The van der Waals surface area contributed by atoms with Crippen molar-refractivity contribution in [2.75, 3.05) is 0 Å². The highest BCUT2D eigenvalue weighted by Crippen LogP contribution is 2.27. The van der Waals surface area contributed by atoms with E-state index in [9.17, 15) is 4.79 Å². The Morgan fingerprint density at radius 2 is 1.62 bits per heavy atom. The molecule has 3 heteroatoms. The second kappa shape index (κ2) is 4.35. The number of H-pyrrole nitrogens is 1. The number of nitrogens with one attached hydrogen (secondary N) is 1. The van der Waals surface area contributed by atoms with E-state index in [1.807, 2.05) is 55.6 Å². The van der Waals surface area contributed by atoms with Gasteiger partial charge >= 0.3 is 0 Å². The summed E-state index contributed by atoms with van der Waals surface area (Å²) in [6.45, 7) is 0. The van der Waals surface area contributed by atoms with Crippen LogP contribution in [-0.2, 0) is 7.05 Å². The van der Waals surface area contributed by atoms with E-state index in [1.165, 1.54) is 0 Å². The van der Waals surface area contributed by atoms with Gasteiger partial charge in [-0.25, -0.2) is 0 Å². The fourth-order valence-electron chi connectivity index (χ4n) is 2.88. The highest BCUT2D eigenvalue weighted by molar-refractivity contribution is 6.06. The molecule has 0 saturated heterocycles. The van der Waals surface area contributed by atoms with Crippen molar-refractivity contribution in [2.24, 2.45) is 7.05 Å². The second-order valence-corrected chi connectivity index (χ2v) is 5.22. The van der Waals surface area contributed by atoms with Crippen LogP contribution in [0.25, 0.3) is 33.1 Å². The van der Waals surface area contributed by atoms with Gasteiger partial charge in [0.05, 0.1) is 5.52 Å². The van der Waals surface area contributed by atoms with Crippen molar-refractivity contribution in [1.82, 2.24) is 9.55 Å². The number of para-hydroxylation sites is 1. The van der Waals surface area contributed by atoms with E-state index in [2.05, 4.69) is 17.1 Å². The summed E-state index contributed by atoms with van der Waals surface area (Å²) >= 11 is 0. The van der Waals surface area contributed by atoms with Gasteiger partial charge in [-0.2, -0.15) is 0 Å². The Morgan fingerprint density at radius 3 is 2.43 bits per heavy atom. The van der Waals surface area contributed by atoms with Crippen molar-refractivity contribution >= 4 is 21.8 Å². The molecule has 2 aromatic heterocycles. The van der Waals surface area contributed by atoms with Crippen LogP contribution in [0.2, 0.25) is 0 Å². The van der Waals surface area contributed by atoms with Gasteiger partial charge in [-0.05, 0) is 17.7 Å². The smallest absolute Gasteiger partial charge is 0.275 e. The van der Waals surface area contributed by atoms with Crippen LogP contribution >= 0.6 is 0 Å². The Hall–Kier alpha value is -2.81. The average molecular weight is 274 g/mol. The Balaban J connectivity index is 2.15. The first-order valence-electron chi connectivity index (χ1n) is 6.91. The van der Waals surface area contributed by atoms with Crippen LogP contribution in [0.15, 0.2) is 65.5 Å². The SMILES string of the molecule is Cn1c(=O)c2[nH]c(-c3ccccc3)cc2c2ccccc21. The van der Waals surface area contributed by atoms with E-state index < -0.39 is 0 Å². The molecule has 0 unspecified atom stereocenters. The number of hydrogen-bond donors (Lipinski definition) is 1. The third-order valence-corrected chi connectivity index (χ3v) is 3.98. The van der Waals surface area contributed by atoms with Crippen LogP contribution in [0.3, 0.4) is 0 Å². The first-order valence-corrected chi connectivity index (χ1v) is 6.91. The highest BCUT2D eigenvalue weighted by Gasteiger charge is 2.11. The maximum absolute atomic E-state index is 12.5. The van der Waals surface area contributed by atoms with Gasteiger partial charge in [0, 0.05) is 23.5 Å². The molecule has 0 bridgehead atoms. The Kier molecular flexibility index (Phi) is 2.48. The summed E-state index contributed by atoms with van der Waals surface area (Å²) in [6, 6.07) is 20.1. The summed E-state index contributed by atoms with van der Waals surface area (Å²) in [5, 5.41) is 2.07. The maximum Gasteiger partial charge on any atom is 0.275 e. The zero-order valence-corrected chi connectivity index (χ0v) is 11.6. The lowest BCUT2D eigenvalue weighted by Gasteiger charge is -2.05. The molecule has 4 aromatic rings. The third kappa shape index (κ3) is 1.71. The maximum atomic E-state index is 12.5. The number of aromatic amines is 1. The van der Waals surface area contributed by atoms with Crippen molar-refractivity contribution in [2.45, 2.75) is 0 Å². The summed E-state index contributed by atoms with van der Waals surface area (Å²) < 4.78 is 1.70. The summed E-state index contributed by atoms with van der Waals surface area (Å²) in [5.41, 5.74) is 3.67. The van der Waals surface area contributed by atoms with Gasteiger partial charge in [0.1, 0.15) is 5.52 Å². The number of benzene rings is 2. The van der Waals surface area contributed by atoms with E-state index in [4.69, 9.17) is 0 Å². The lowest BCUT2D eigenvalue weighted by Crippen LogP contribution is -2.17. The highest BCUT2D eigenvalue weighted by atomic mass is 16.1. The molecule has 2 aromatic carbocycles. The summed E-state index contributed by atoms with van der Waals surface area (Å²) in [7, 11) is 1.81. The first kappa shape index (κ1) is 12.0. The standard InChI is InChI=1S/C18H14N2O/c1-20-16-10-6-5-9-13(16)14-11-15(19-17(14)18(20)21)12-7-3-2-4-8-12/h2-11,19H,1H3. The van der Waals surface area contributed by atoms with Gasteiger partial charge in [-0.1, -0.05) is 48.5 Å². The molecule has 0 spiro atoms. The molecule has 0 amide bonds. The van der Waals surface area contributed by atoms with Crippen molar-refractivity contribution < 1.29 is 0 Å². The lowest BCUT2D eigenvalue weighted by molar-refractivity contribution is 0.915. The van der Waals surface area contributed by atoms with E-state index in [-0.39, 0.29) is 5.56 Å². The van der Waals surface area contributed by atoms with E-state index in [1.54, 1.807) is 4.57 Å². The molecule has 21 heavy (non-hydrogen) atoms. The quantitative estimate of drug-likeness (QED) is 0.565. The number of aromatic nitrogens is 2. The molecule has 4 rings (SSSR count). The van der Waals surface area contributed by atoms with Gasteiger partial charge in [-0.15, -0.1) is 0 Å². The summed E-state index contributed by atoms with van der Waals surface area (Å²) in [4.78, 5) is 15.8. The average Bonchev–Trinajstić information content (AvgIpc) is 2.99. The molecule has 1 N–H and O–H groups in total. The van der Waals surface area contributed by atoms with E-state index >= 15 is 0 Å². The van der Waals surface area contributed by atoms with Gasteiger partial charge in [0.2, 0.25) is 0 Å². The number of fused-ring (bicyclic) bond motifs is 3. The Labute approximate surface area is 121 Å². The molecule has 3 nitrogen and oxygen atoms in total. The first-order chi connectivity index (χ1) is 10.3. The summed E-state index contributed by atoms with van der Waals surface area (Å²) in [6.07, 6.45) is 0. The number of aryl methyl sites for hydroxylation is 1. The van der Waals surface area contributed by atoms with Crippen LogP contribution in [0.1, 0.15) is 0 Å². The largest absolute Gasteiger partial charge is 0.350 e. The number of hydrogen-bond acceptors (Lipinski definition) is 1. The minimum Gasteiger partial charge on any atom is -0.350 e. The zero-order valence-electron chi connectivity index (χ0n) is 11.6. The van der Waals surface area contributed by atoms with E-state index in [0.717, 1.165) is 27.5 Å². The molecule has 0 atom stereocenters. The van der Waals surface area contributed by atoms with Crippen LogP contribution < -0.4 is 5.56 Å². The molecule has 0 saturated carbocycles. The van der Waals surface area contributed by atoms with Crippen LogP contribution in [0.4, 0.5) is 0 Å². The van der Waals surface area contributed by atoms with Gasteiger partial charge in [0.15, 0.2) is 0 Å². The fourth-order valence-corrected chi connectivity index (χ4v) is 2.88. The Morgan fingerprint density at radius 1 is 0.905 bits per heavy atom. The molecule has 2 heterocycles. The monoisotopic (exact) mass is 274 g/mol. The normalized spacial score (nSPS) is 11.3. The predicted octanol–water partition coefficient (Wildman–Crippen LogP) is 3.69. The molecular formula is C18H14N2O. The molecule has 0 fully saturated rings. The molecule has 102 valence electrons. The lowest BCUT2D eigenvalue weighted by atomic mass is 10.1. The topological polar surface area (TPSA) is 37.8 Å². The van der Waals surface area contributed by atoms with Crippen molar-refractivity contribution in [3.8, 4) is 11.3 Å². The molecule has 0 aliphatic carbocycles. The van der Waals surface area contributed by atoms with Gasteiger partial charge in [0.25, 0.3) is 5.56 Å². The Bertz CT molecular complexity index is 1010. The van der Waals surface area contributed by atoms with Crippen LogP contribution in [0, 0.1) is 0 Å². The van der Waals surface area contributed by atoms with Crippen LogP contribution in [0.5, 0.6) is 0 Å². The number of rotatable bonds is 1. The van der Waals surface area contributed by atoms with Crippen molar-refractivity contribution in [1.29, 1.82) is 0 Å².